The Morgan fingerprint density at radius 2 is 1.83 bits per heavy atom. The highest BCUT2D eigenvalue weighted by Gasteiger charge is 2.11. The zero-order valence-corrected chi connectivity index (χ0v) is 10.7. The molecule has 0 unspecified atom stereocenters. The molecule has 0 radical (unpaired) electrons. The molecule has 0 saturated carbocycles. The Morgan fingerprint density at radius 1 is 1.17 bits per heavy atom. The molecule has 0 bridgehead atoms. The van der Waals surface area contributed by atoms with E-state index < -0.39 is 16.2 Å². The van der Waals surface area contributed by atoms with E-state index in [1.165, 1.54) is 0 Å². The maximum atomic E-state index is 10.8. The molecule has 1 atom stereocenters. The second-order valence-electron chi connectivity index (χ2n) is 4.11. The number of hydrogen-bond acceptors (Lipinski definition) is 4. The summed E-state index contributed by atoms with van der Waals surface area (Å²) in [6, 6.07) is 13.2. The van der Waals surface area contributed by atoms with E-state index in [9.17, 15) is 13.5 Å². The van der Waals surface area contributed by atoms with Crippen molar-refractivity contribution in [2.24, 2.45) is 0 Å². The van der Waals surface area contributed by atoms with Crippen LogP contribution in [-0.2, 0) is 14.3 Å². The predicted octanol–water partition coefficient (Wildman–Crippen LogP) is 1.85. The van der Waals surface area contributed by atoms with Gasteiger partial charge in [0.25, 0.3) is 10.1 Å². The topological polar surface area (TPSA) is 63.6 Å². The molecule has 0 heterocycles. The van der Waals surface area contributed by atoms with Gasteiger partial charge in [-0.1, -0.05) is 36.4 Å². The summed E-state index contributed by atoms with van der Waals surface area (Å²) in [5.74, 6) is 0. The van der Waals surface area contributed by atoms with E-state index >= 15 is 0 Å². The normalized spacial score (nSPS) is 13.7. The molecule has 2 rings (SSSR count). The molecule has 0 aliphatic carbocycles. The number of fused-ring (bicyclic) bond motifs is 1. The fourth-order valence-electron chi connectivity index (χ4n) is 1.70. The largest absolute Gasteiger partial charge is 0.386 e. The summed E-state index contributed by atoms with van der Waals surface area (Å²) < 4.78 is 26.3. The Morgan fingerprint density at radius 3 is 2.50 bits per heavy atom. The number of hydrogen-bond donors (Lipinski definition) is 1. The molecule has 5 heteroatoms. The summed E-state index contributed by atoms with van der Waals surface area (Å²) in [6.07, 6.45) is 0.00412. The van der Waals surface area contributed by atoms with E-state index in [1.54, 1.807) is 6.07 Å². The number of aliphatic hydroxyl groups is 1. The van der Waals surface area contributed by atoms with Crippen LogP contribution in [0, 0.1) is 0 Å². The van der Waals surface area contributed by atoms with Crippen molar-refractivity contribution in [3.05, 3.63) is 48.0 Å². The smallest absolute Gasteiger partial charge is 0.264 e. The molecule has 4 nitrogen and oxygen atoms in total. The average Bonchev–Trinajstić information content (AvgIpc) is 2.34. The molecule has 0 spiro atoms. The minimum atomic E-state index is -3.53. The van der Waals surface area contributed by atoms with E-state index in [4.69, 9.17) is 0 Å². The van der Waals surface area contributed by atoms with Gasteiger partial charge in [0.2, 0.25) is 0 Å². The van der Waals surface area contributed by atoms with Gasteiger partial charge in [0.1, 0.15) is 6.10 Å². The number of rotatable bonds is 4. The van der Waals surface area contributed by atoms with Crippen LogP contribution < -0.4 is 0 Å². The lowest BCUT2D eigenvalue weighted by atomic mass is 10.0. The van der Waals surface area contributed by atoms with Gasteiger partial charge in [0, 0.05) is 0 Å². The van der Waals surface area contributed by atoms with Gasteiger partial charge < -0.3 is 5.11 Å². The number of aliphatic hydroxyl groups excluding tert-OH is 1. The third kappa shape index (κ3) is 3.29. The van der Waals surface area contributed by atoms with Gasteiger partial charge in [-0.25, -0.2) is 0 Å². The first-order valence-electron chi connectivity index (χ1n) is 5.47. The third-order valence-electron chi connectivity index (χ3n) is 2.60. The van der Waals surface area contributed by atoms with Gasteiger partial charge in [-0.2, -0.15) is 8.42 Å². The second-order valence-corrected chi connectivity index (χ2v) is 5.75. The van der Waals surface area contributed by atoms with Crippen molar-refractivity contribution in [1.29, 1.82) is 0 Å². The standard InChI is InChI=1S/C13H14O4S/c1-18(15,16)17-9-13(14)12-7-6-10-4-2-3-5-11(10)8-12/h2-8,13-14H,9H2,1H3/t13-/m0/s1. The van der Waals surface area contributed by atoms with Gasteiger partial charge in [0.05, 0.1) is 12.9 Å². The van der Waals surface area contributed by atoms with Gasteiger partial charge >= 0.3 is 0 Å². The second kappa shape index (κ2) is 5.06. The van der Waals surface area contributed by atoms with Crippen LogP contribution in [0.25, 0.3) is 10.8 Å². The van der Waals surface area contributed by atoms with E-state index in [0.29, 0.717) is 5.56 Å². The highest BCUT2D eigenvalue weighted by molar-refractivity contribution is 7.85. The maximum Gasteiger partial charge on any atom is 0.264 e. The van der Waals surface area contributed by atoms with Gasteiger partial charge in [0.15, 0.2) is 0 Å². The van der Waals surface area contributed by atoms with Crippen LogP contribution in [0.4, 0.5) is 0 Å². The van der Waals surface area contributed by atoms with Crippen LogP contribution in [0.2, 0.25) is 0 Å². The van der Waals surface area contributed by atoms with Crippen LogP contribution in [0.5, 0.6) is 0 Å². The molecular formula is C13H14O4S. The zero-order valence-electron chi connectivity index (χ0n) is 9.91. The lowest BCUT2D eigenvalue weighted by Crippen LogP contribution is -2.11. The molecule has 2 aromatic rings. The molecule has 18 heavy (non-hydrogen) atoms. The molecule has 96 valence electrons. The zero-order chi connectivity index (χ0) is 13.2. The summed E-state index contributed by atoms with van der Waals surface area (Å²) in [5, 5.41) is 11.9. The molecule has 0 amide bonds. The minimum absolute atomic E-state index is 0.267. The predicted molar refractivity (Wildman–Crippen MR) is 69.7 cm³/mol. The molecule has 0 aromatic heterocycles. The molecule has 0 fully saturated rings. The quantitative estimate of drug-likeness (QED) is 0.858. The maximum absolute atomic E-state index is 10.8. The van der Waals surface area contributed by atoms with Crippen LogP contribution in [0.15, 0.2) is 42.5 Å². The molecule has 0 aliphatic rings. The summed E-state index contributed by atoms with van der Waals surface area (Å²) in [5.41, 5.74) is 0.636. The summed E-state index contributed by atoms with van der Waals surface area (Å²) in [6.45, 7) is -0.267. The van der Waals surface area contributed by atoms with E-state index in [2.05, 4.69) is 4.18 Å². The highest BCUT2D eigenvalue weighted by atomic mass is 32.2. The van der Waals surface area contributed by atoms with Crippen molar-refractivity contribution in [3.8, 4) is 0 Å². The molecule has 1 N–H and O–H groups in total. The van der Waals surface area contributed by atoms with Crippen molar-refractivity contribution in [3.63, 3.8) is 0 Å². The van der Waals surface area contributed by atoms with E-state index in [1.807, 2.05) is 36.4 Å². The Kier molecular flexibility index (Phi) is 3.65. The van der Waals surface area contributed by atoms with Crippen LogP contribution in [-0.4, -0.2) is 26.4 Å². The molecule has 0 saturated heterocycles. The van der Waals surface area contributed by atoms with Crippen molar-refractivity contribution >= 4 is 20.9 Å². The SMILES string of the molecule is CS(=O)(=O)OC[C@H](O)c1ccc2ccccc2c1. The first kappa shape index (κ1) is 13.0. The van der Waals surface area contributed by atoms with Gasteiger partial charge in [-0.15, -0.1) is 0 Å². The fourth-order valence-corrected chi connectivity index (χ4v) is 2.08. The first-order chi connectivity index (χ1) is 8.46. The fraction of sp³-hybridized carbons (Fsp3) is 0.231. The Balaban J connectivity index is 2.20. The lowest BCUT2D eigenvalue weighted by Gasteiger charge is -2.11. The van der Waals surface area contributed by atoms with E-state index in [-0.39, 0.29) is 6.61 Å². The molecule has 0 aliphatic heterocycles. The Hall–Kier alpha value is -1.43. The van der Waals surface area contributed by atoms with Crippen LogP contribution >= 0.6 is 0 Å². The summed E-state index contributed by atoms with van der Waals surface area (Å²) in [4.78, 5) is 0. The third-order valence-corrected chi connectivity index (χ3v) is 3.16. The van der Waals surface area contributed by atoms with Crippen LogP contribution in [0.3, 0.4) is 0 Å². The van der Waals surface area contributed by atoms with Crippen molar-refractivity contribution in [1.82, 2.24) is 0 Å². The van der Waals surface area contributed by atoms with Crippen molar-refractivity contribution in [2.45, 2.75) is 6.10 Å². The molecular weight excluding hydrogens is 252 g/mol. The first-order valence-corrected chi connectivity index (χ1v) is 7.28. The van der Waals surface area contributed by atoms with Crippen molar-refractivity contribution in [2.75, 3.05) is 12.9 Å². The highest BCUT2D eigenvalue weighted by Crippen LogP contribution is 2.20. The lowest BCUT2D eigenvalue weighted by molar-refractivity contribution is 0.112. The average molecular weight is 266 g/mol. The van der Waals surface area contributed by atoms with Gasteiger partial charge in [-0.3, -0.25) is 4.18 Å². The van der Waals surface area contributed by atoms with E-state index in [0.717, 1.165) is 17.0 Å². The minimum Gasteiger partial charge on any atom is -0.386 e. The van der Waals surface area contributed by atoms with Gasteiger partial charge in [-0.05, 0) is 22.4 Å². The Labute approximate surface area is 106 Å². The Bertz CT molecular complexity index is 649. The summed E-state index contributed by atoms with van der Waals surface area (Å²) >= 11 is 0. The number of benzene rings is 2. The monoisotopic (exact) mass is 266 g/mol. The van der Waals surface area contributed by atoms with Crippen LogP contribution in [0.1, 0.15) is 11.7 Å². The van der Waals surface area contributed by atoms with Crippen molar-refractivity contribution < 1.29 is 17.7 Å². The summed E-state index contributed by atoms with van der Waals surface area (Å²) in [7, 11) is -3.53. The molecule has 2 aromatic carbocycles.